The number of carbonyl (C=O) groups excluding carboxylic acids is 3. The second kappa shape index (κ2) is 8.35. The fourth-order valence-electron chi connectivity index (χ4n) is 1.19. The number of ether oxygens (including phenoxy) is 1. The standard InChI is InChI=1S/C10H16F3N3O4/c1-20-9(19)2-3-16(6-10(11,12)13)8(18)5-15-7(17)4-14/h2-6,14H2,1H3,(H,15,17). The number of nitrogens with two attached hydrogens (primary N) is 1. The number of esters is 1. The molecule has 0 spiro atoms. The van der Waals surface area contributed by atoms with E-state index >= 15 is 0 Å². The van der Waals surface area contributed by atoms with Gasteiger partial charge in [-0.1, -0.05) is 0 Å². The Morgan fingerprint density at radius 1 is 1.30 bits per heavy atom. The van der Waals surface area contributed by atoms with Crippen LogP contribution in [0.3, 0.4) is 0 Å². The molecular weight excluding hydrogens is 283 g/mol. The molecule has 0 aromatic rings. The lowest BCUT2D eigenvalue weighted by Gasteiger charge is -2.23. The number of amides is 2. The van der Waals surface area contributed by atoms with Crippen LogP contribution in [0.2, 0.25) is 0 Å². The maximum atomic E-state index is 12.3. The van der Waals surface area contributed by atoms with Crippen LogP contribution >= 0.6 is 0 Å². The number of halogens is 3. The molecule has 0 radical (unpaired) electrons. The van der Waals surface area contributed by atoms with Crippen molar-refractivity contribution < 1.29 is 32.3 Å². The molecule has 2 amide bonds. The molecule has 0 aliphatic rings. The van der Waals surface area contributed by atoms with Gasteiger partial charge in [0.25, 0.3) is 0 Å². The van der Waals surface area contributed by atoms with E-state index < -0.39 is 43.6 Å². The third-order valence-electron chi connectivity index (χ3n) is 2.16. The van der Waals surface area contributed by atoms with Crippen molar-refractivity contribution in [3.8, 4) is 0 Å². The summed E-state index contributed by atoms with van der Waals surface area (Å²) in [6, 6.07) is 0. The van der Waals surface area contributed by atoms with Crippen molar-refractivity contribution in [3.63, 3.8) is 0 Å². The molecule has 0 heterocycles. The van der Waals surface area contributed by atoms with Gasteiger partial charge < -0.3 is 20.7 Å². The molecule has 0 aliphatic heterocycles. The Morgan fingerprint density at radius 3 is 2.35 bits per heavy atom. The molecular formula is C10H16F3N3O4. The normalized spacial score (nSPS) is 10.8. The molecule has 0 fully saturated rings. The topological polar surface area (TPSA) is 102 Å². The maximum Gasteiger partial charge on any atom is 0.406 e. The number of nitrogens with zero attached hydrogens (tertiary/aromatic N) is 1. The number of hydrogen-bond donors (Lipinski definition) is 2. The molecule has 0 bridgehead atoms. The first-order chi connectivity index (χ1) is 9.19. The van der Waals surface area contributed by atoms with E-state index in [1.807, 2.05) is 0 Å². The Kier molecular flexibility index (Phi) is 7.59. The molecule has 0 aromatic heterocycles. The van der Waals surface area contributed by atoms with E-state index in [-0.39, 0.29) is 13.0 Å². The Morgan fingerprint density at radius 2 is 1.90 bits per heavy atom. The summed E-state index contributed by atoms with van der Waals surface area (Å²) in [5, 5.41) is 2.06. The van der Waals surface area contributed by atoms with Crippen LogP contribution in [-0.2, 0) is 19.1 Å². The van der Waals surface area contributed by atoms with Crippen LogP contribution in [0.15, 0.2) is 0 Å². The average Bonchev–Trinajstić information content (AvgIpc) is 2.38. The summed E-state index contributed by atoms with van der Waals surface area (Å²) in [6.45, 7) is -2.97. The van der Waals surface area contributed by atoms with Gasteiger partial charge in [0.15, 0.2) is 0 Å². The van der Waals surface area contributed by atoms with Gasteiger partial charge >= 0.3 is 12.1 Å². The van der Waals surface area contributed by atoms with Gasteiger partial charge in [-0.15, -0.1) is 0 Å². The highest BCUT2D eigenvalue weighted by atomic mass is 19.4. The second-order valence-corrected chi connectivity index (χ2v) is 3.74. The summed E-state index contributed by atoms with van der Waals surface area (Å²) in [7, 11) is 1.08. The Labute approximate surface area is 113 Å². The number of alkyl halides is 3. The Balaban J connectivity index is 4.53. The zero-order valence-corrected chi connectivity index (χ0v) is 10.8. The second-order valence-electron chi connectivity index (χ2n) is 3.74. The van der Waals surface area contributed by atoms with Gasteiger partial charge in [0.05, 0.1) is 26.6 Å². The van der Waals surface area contributed by atoms with Gasteiger partial charge in [-0.3, -0.25) is 14.4 Å². The van der Waals surface area contributed by atoms with Crippen molar-refractivity contribution in [2.75, 3.05) is 33.3 Å². The maximum absolute atomic E-state index is 12.3. The molecule has 20 heavy (non-hydrogen) atoms. The van der Waals surface area contributed by atoms with Crippen molar-refractivity contribution in [2.24, 2.45) is 5.73 Å². The van der Waals surface area contributed by atoms with Crippen molar-refractivity contribution in [3.05, 3.63) is 0 Å². The van der Waals surface area contributed by atoms with Gasteiger partial charge in [0, 0.05) is 6.54 Å². The highest BCUT2D eigenvalue weighted by Crippen LogP contribution is 2.16. The van der Waals surface area contributed by atoms with E-state index in [0.717, 1.165) is 7.11 Å². The fourth-order valence-corrected chi connectivity index (χ4v) is 1.19. The van der Waals surface area contributed by atoms with Gasteiger partial charge in [-0.25, -0.2) is 0 Å². The van der Waals surface area contributed by atoms with Crippen LogP contribution < -0.4 is 11.1 Å². The molecule has 0 atom stereocenters. The summed E-state index contributed by atoms with van der Waals surface area (Å²) in [5.74, 6) is -2.37. The molecule has 7 nitrogen and oxygen atoms in total. The molecule has 0 unspecified atom stereocenters. The molecule has 0 saturated heterocycles. The summed E-state index contributed by atoms with van der Waals surface area (Å²) in [4.78, 5) is 33.7. The molecule has 116 valence electrons. The van der Waals surface area contributed by atoms with Gasteiger partial charge in [0.2, 0.25) is 11.8 Å². The van der Waals surface area contributed by atoms with E-state index in [0.29, 0.717) is 4.90 Å². The summed E-state index contributed by atoms with van der Waals surface area (Å²) < 4.78 is 41.2. The van der Waals surface area contributed by atoms with Gasteiger partial charge in [-0.2, -0.15) is 13.2 Å². The Hall–Kier alpha value is -1.84. The number of carbonyl (C=O) groups is 3. The van der Waals surface area contributed by atoms with Crippen LogP contribution in [0, 0.1) is 0 Å². The third-order valence-corrected chi connectivity index (χ3v) is 2.16. The van der Waals surface area contributed by atoms with Crippen LogP contribution in [0.1, 0.15) is 6.42 Å². The largest absolute Gasteiger partial charge is 0.469 e. The summed E-state index contributed by atoms with van der Waals surface area (Å²) in [6.07, 6.45) is -4.98. The highest BCUT2D eigenvalue weighted by Gasteiger charge is 2.33. The molecule has 3 N–H and O–H groups in total. The zero-order chi connectivity index (χ0) is 15.8. The van der Waals surface area contributed by atoms with Crippen LogP contribution in [-0.4, -0.2) is 62.1 Å². The number of nitrogens with one attached hydrogen (secondary N) is 1. The first-order valence-electron chi connectivity index (χ1n) is 5.57. The van der Waals surface area contributed by atoms with Gasteiger partial charge in [0.1, 0.15) is 6.54 Å². The highest BCUT2D eigenvalue weighted by molar-refractivity contribution is 5.85. The Bertz CT molecular complexity index is 360. The number of methoxy groups -OCH3 is 1. The van der Waals surface area contributed by atoms with E-state index in [9.17, 15) is 27.6 Å². The van der Waals surface area contributed by atoms with Crippen molar-refractivity contribution in [2.45, 2.75) is 12.6 Å². The predicted molar refractivity (Wildman–Crippen MR) is 61.3 cm³/mol. The van der Waals surface area contributed by atoms with Crippen molar-refractivity contribution in [1.82, 2.24) is 10.2 Å². The number of hydrogen-bond acceptors (Lipinski definition) is 5. The lowest BCUT2D eigenvalue weighted by Crippen LogP contribution is -2.46. The number of rotatable bonds is 7. The molecule has 10 heteroatoms. The monoisotopic (exact) mass is 299 g/mol. The first-order valence-corrected chi connectivity index (χ1v) is 5.57. The fraction of sp³-hybridized carbons (Fsp3) is 0.700. The lowest BCUT2D eigenvalue weighted by atomic mass is 10.3. The molecule has 0 aromatic carbocycles. The average molecular weight is 299 g/mol. The molecule has 0 saturated carbocycles. The van der Waals surface area contributed by atoms with E-state index in [1.165, 1.54) is 0 Å². The summed E-state index contributed by atoms with van der Waals surface area (Å²) in [5.41, 5.74) is 4.97. The SMILES string of the molecule is COC(=O)CCN(CC(F)(F)F)C(=O)CNC(=O)CN. The smallest absolute Gasteiger partial charge is 0.406 e. The molecule has 0 aliphatic carbocycles. The van der Waals surface area contributed by atoms with Crippen molar-refractivity contribution in [1.29, 1.82) is 0 Å². The lowest BCUT2D eigenvalue weighted by molar-refractivity contribution is -0.162. The van der Waals surface area contributed by atoms with E-state index in [4.69, 9.17) is 5.73 Å². The minimum atomic E-state index is -4.61. The van der Waals surface area contributed by atoms with Gasteiger partial charge in [-0.05, 0) is 0 Å². The predicted octanol–water partition coefficient (Wildman–Crippen LogP) is -0.985. The minimum Gasteiger partial charge on any atom is -0.469 e. The third kappa shape index (κ3) is 8.29. The first kappa shape index (κ1) is 18.2. The minimum absolute atomic E-state index is 0.372. The quantitative estimate of drug-likeness (QED) is 0.588. The summed E-state index contributed by atoms with van der Waals surface area (Å²) >= 11 is 0. The van der Waals surface area contributed by atoms with Crippen LogP contribution in [0.5, 0.6) is 0 Å². The van der Waals surface area contributed by atoms with Crippen LogP contribution in [0.4, 0.5) is 13.2 Å². The van der Waals surface area contributed by atoms with E-state index in [2.05, 4.69) is 10.1 Å². The van der Waals surface area contributed by atoms with E-state index in [1.54, 1.807) is 0 Å². The van der Waals surface area contributed by atoms with Crippen molar-refractivity contribution >= 4 is 17.8 Å². The van der Waals surface area contributed by atoms with Crippen LogP contribution in [0.25, 0.3) is 0 Å². The molecule has 0 rings (SSSR count). The zero-order valence-electron chi connectivity index (χ0n) is 10.8.